The van der Waals surface area contributed by atoms with E-state index in [-0.39, 0.29) is 11.4 Å². The Kier molecular flexibility index (Phi) is 5.46. The summed E-state index contributed by atoms with van der Waals surface area (Å²) in [6.45, 7) is 4.20. The Morgan fingerprint density at radius 2 is 2.00 bits per heavy atom. The standard InChI is InChI=1S/C12H19N3O4S/c1-9(2)6-7-14-20(18,19)12-5-4-10(13-3)8-11(12)15(16)17/h4-5,8-9,13-14H,6-7H2,1-3H3. The average molecular weight is 301 g/mol. The maximum atomic E-state index is 12.1. The topological polar surface area (TPSA) is 101 Å². The number of hydrogen-bond acceptors (Lipinski definition) is 5. The summed E-state index contributed by atoms with van der Waals surface area (Å²) >= 11 is 0. The molecule has 0 aliphatic carbocycles. The number of sulfonamides is 1. The smallest absolute Gasteiger partial charge is 0.291 e. The molecule has 8 heteroatoms. The van der Waals surface area contributed by atoms with Gasteiger partial charge in [0.25, 0.3) is 5.69 Å². The van der Waals surface area contributed by atoms with E-state index in [1.165, 1.54) is 18.2 Å². The number of nitro benzene ring substituents is 1. The van der Waals surface area contributed by atoms with Crippen molar-refractivity contribution in [3.05, 3.63) is 28.3 Å². The number of anilines is 1. The number of nitrogens with zero attached hydrogens (tertiary/aromatic N) is 1. The van der Waals surface area contributed by atoms with E-state index in [1.54, 1.807) is 7.05 Å². The molecular formula is C12H19N3O4S. The van der Waals surface area contributed by atoms with E-state index < -0.39 is 20.6 Å². The zero-order valence-corrected chi connectivity index (χ0v) is 12.5. The van der Waals surface area contributed by atoms with Gasteiger partial charge in [-0.25, -0.2) is 13.1 Å². The van der Waals surface area contributed by atoms with Crippen molar-refractivity contribution >= 4 is 21.4 Å². The van der Waals surface area contributed by atoms with Crippen molar-refractivity contribution in [2.45, 2.75) is 25.2 Å². The molecule has 0 amide bonds. The van der Waals surface area contributed by atoms with Crippen LogP contribution in [0.2, 0.25) is 0 Å². The Balaban J connectivity index is 3.08. The van der Waals surface area contributed by atoms with Gasteiger partial charge >= 0.3 is 0 Å². The van der Waals surface area contributed by atoms with Crippen LogP contribution < -0.4 is 10.0 Å². The fraction of sp³-hybridized carbons (Fsp3) is 0.500. The molecule has 20 heavy (non-hydrogen) atoms. The molecule has 0 aromatic heterocycles. The van der Waals surface area contributed by atoms with Crippen LogP contribution in [0.15, 0.2) is 23.1 Å². The van der Waals surface area contributed by atoms with Gasteiger partial charge < -0.3 is 5.32 Å². The van der Waals surface area contributed by atoms with Crippen LogP contribution in [0.25, 0.3) is 0 Å². The highest BCUT2D eigenvalue weighted by atomic mass is 32.2. The average Bonchev–Trinajstić information content (AvgIpc) is 2.37. The van der Waals surface area contributed by atoms with E-state index in [0.717, 1.165) is 0 Å². The third-order valence-electron chi connectivity index (χ3n) is 2.75. The van der Waals surface area contributed by atoms with E-state index in [4.69, 9.17) is 0 Å². The minimum atomic E-state index is -3.88. The summed E-state index contributed by atoms with van der Waals surface area (Å²) in [5, 5.41) is 13.7. The molecule has 7 nitrogen and oxygen atoms in total. The van der Waals surface area contributed by atoms with Gasteiger partial charge in [0.1, 0.15) is 0 Å². The number of nitrogens with one attached hydrogen (secondary N) is 2. The summed E-state index contributed by atoms with van der Waals surface area (Å²) in [7, 11) is -2.27. The van der Waals surface area contributed by atoms with Crippen LogP contribution in [0.4, 0.5) is 11.4 Å². The molecule has 0 radical (unpaired) electrons. The Morgan fingerprint density at radius 3 is 2.50 bits per heavy atom. The number of rotatable bonds is 7. The molecule has 0 heterocycles. The molecule has 0 bridgehead atoms. The molecule has 0 saturated carbocycles. The van der Waals surface area contributed by atoms with Crippen LogP contribution >= 0.6 is 0 Å². The maximum Gasteiger partial charge on any atom is 0.291 e. The molecule has 0 aliphatic heterocycles. The van der Waals surface area contributed by atoms with Crippen molar-refractivity contribution in [1.82, 2.24) is 4.72 Å². The number of benzene rings is 1. The summed E-state index contributed by atoms with van der Waals surface area (Å²) < 4.78 is 26.6. The first-order chi connectivity index (χ1) is 9.27. The van der Waals surface area contributed by atoms with Crippen molar-refractivity contribution in [1.29, 1.82) is 0 Å². The van der Waals surface area contributed by atoms with E-state index >= 15 is 0 Å². The van der Waals surface area contributed by atoms with Gasteiger partial charge in [0.05, 0.1) is 4.92 Å². The summed E-state index contributed by atoms with van der Waals surface area (Å²) in [6, 6.07) is 3.93. The molecule has 0 saturated heterocycles. The Labute approximate surface area is 118 Å². The Morgan fingerprint density at radius 1 is 1.35 bits per heavy atom. The summed E-state index contributed by atoms with van der Waals surface area (Å²) in [4.78, 5) is 9.99. The largest absolute Gasteiger partial charge is 0.388 e. The predicted octanol–water partition coefficient (Wildman–Crippen LogP) is 1.96. The fourth-order valence-corrected chi connectivity index (χ4v) is 2.80. The SMILES string of the molecule is CNc1ccc(S(=O)(=O)NCCC(C)C)c([N+](=O)[O-])c1. The van der Waals surface area contributed by atoms with Crippen molar-refractivity contribution < 1.29 is 13.3 Å². The first-order valence-electron chi connectivity index (χ1n) is 6.23. The van der Waals surface area contributed by atoms with E-state index in [0.29, 0.717) is 18.0 Å². The van der Waals surface area contributed by atoms with Crippen LogP contribution in [0.3, 0.4) is 0 Å². The molecule has 112 valence electrons. The van der Waals surface area contributed by atoms with Gasteiger partial charge in [-0.15, -0.1) is 0 Å². The lowest BCUT2D eigenvalue weighted by molar-refractivity contribution is -0.387. The molecule has 0 fully saturated rings. The van der Waals surface area contributed by atoms with Gasteiger partial charge in [0.2, 0.25) is 10.0 Å². The van der Waals surface area contributed by atoms with Crippen molar-refractivity contribution in [2.24, 2.45) is 5.92 Å². The van der Waals surface area contributed by atoms with Crippen LogP contribution in [0, 0.1) is 16.0 Å². The normalized spacial score (nSPS) is 11.6. The van der Waals surface area contributed by atoms with Crippen LogP contribution in [-0.4, -0.2) is 26.9 Å². The Hall–Kier alpha value is -1.67. The van der Waals surface area contributed by atoms with Gasteiger partial charge in [-0.1, -0.05) is 13.8 Å². The number of nitro groups is 1. The molecular weight excluding hydrogens is 282 g/mol. The fourth-order valence-electron chi connectivity index (χ4n) is 1.60. The van der Waals surface area contributed by atoms with Crippen molar-refractivity contribution in [3.8, 4) is 0 Å². The minimum Gasteiger partial charge on any atom is -0.388 e. The summed E-state index contributed by atoms with van der Waals surface area (Å²) in [5.74, 6) is 0.347. The third-order valence-corrected chi connectivity index (χ3v) is 4.26. The predicted molar refractivity (Wildman–Crippen MR) is 77.3 cm³/mol. The molecule has 1 aromatic rings. The molecule has 0 spiro atoms. The van der Waals surface area contributed by atoms with Crippen LogP contribution in [-0.2, 0) is 10.0 Å². The molecule has 0 atom stereocenters. The Bertz CT molecular complexity index is 584. The van der Waals surface area contributed by atoms with Crippen LogP contribution in [0.1, 0.15) is 20.3 Å². The third kappa shape index (κ3) is 4.17. The second-order valence-electron chi connectivity index (χ2n) is 4.77. The highest BCUT2D eigenvalue weighted by molar-refractivity contribution is 7.89. The number of hydrogen-bond donors (Lipinski definition) is 2. The zero-order chi connectivity index (χ0) is 15.3. The lowest BCUT2D eigenvalue weighted by atomic mass is 10.1. The first-order valence-corrected chi connectivity index (χ1v) is 7.72. The van der Waals surface area contributed by atoms with E-state index in [2.05, 4.69) is 10.0 Å². The highest BCUT2D eigenvalue weighted by Gasteiger charge is 2.25. The van der Waals surface area contributed by atoms with Crippen molar-refractivity contribution in [2.75, 3.05) is 18.9 Å². The summed E-state index contributed by atoms with van der Waals surface area (Å²) in [6.07, 6.45) is 0.668. The quantitative estimate of drug-likeness (QED) is 0.592. The maximum absolute atomic E-state index is 12.1. The van der Waals surface area contributed by atoms with Crippen LogP contribution in [0.5, 0.6) is 0 Å². The van der Waals surface area contributed by atoms with Gasteiger partial charge in [-0.3, -0.25) is 10.1 Å². The molecule has 2 N–H and O–H groups in total. The minimum absolute atomic E-state index is 0.255. The summed E-state index contributed by atoms with van der Waals surface area (Å²) in [5.41, 5.74) is 0.0479. The van der Waals surface area contributed by atoms with Gasteiger partial charge in [-0.05, 0) is 24.5 Å². The highest BCUT2D eigenvalue weighted by Crippen LogP contribution is 2.26. The zero-order valence-electron chi connectivity index (χ0n) is 11.7. The first kappa shape index (κ1) is 16.4. The van der Waals surface area contributed by atoms with Gasteiger partial charge in [-0.2, -0.15) is 0 Å². The lowest BCUT2D eigenvalue weighted by Crippen LogP contribution is -2.26. The lowest BCUT2D eigenvalue weighted by Gasteiger charge is -2.09. The molecule has 1 rings (SSSR count). The van der Waals surface area contributed by atoms with E-state index in [1.807, 2.05) is 13.8 Å². The molecule has 1 aromatic carbocycles. The second kappa shape index (κ2) is 6.67. The molecule has 0 unspecified atom stereocenters. The van der Waals surface area contributed by atoms with E-state index in [9.17, 15) is 18.5 Å². The van der Waals surface area contributed by atoms with Gasteiger partial charge in [0.15, 0.2) is 4.90 Å². The second-order valence-corrected chi connectivity index (χ2v) is 6.51. The molecule has 0 aliphatic rings. The van der Waals surface area contributed by atoms with Crippen molar-refractivity contribution in [3.63, 3.8) is 0 Å². The van der Waals surface area contributed by atoms with Gasteiger partial charge in [0, 0.05) is 25.3 Å². The monoisotopic (exact) mass is 301 g/mol.